The van der Waals surface area contributed by atoms with Crippen LogP contribution in [0.4, 0.5) is 5.69 Å². The number of rotatable bonds is 4. The molecule has 1 aromatic heterocycles. The summed E-state index contributed by atoms with van der Waals surface area (Å²) in [4.78, 5) is 26.7. The summed E-state index contributed by atoms with van der Waals surface area (Å²) in [5.41, 5.74) is 0.659. The van der Waals surface area contributed by atoms with Gasteiger partial charge in [-0.3, -0.25) is 9.59 Å². The fraction of sp³-hybridized carbons (Fsp3) is 0.238. The van der Waals surface area contributed by atoms with E-state index in [9.17, 15) is 9.59 Å². The highest BCUT2D eigenvalue weighted by atomic mass is 16.6. The lowest BCUT2D eigenvalue weighted by molar-refractivity contribution is -0.120. The van der Waals surface area contributed by atoms with Crippen molar-refractivity contribution in [2.75, 3.05) is 18.6 Å². The number of likely N-dealkylation sites (N-methyl/N-ethyl adjacent to an activating group) is 1. The summed E-state index contributed by atoms with van der Waals surface area (Å²) in [7, 11) is 1.65. The highest BCUT2D eigenvalue weighted by Gasteiger charge is 2.31. The van der Waals surface area contributed by atoms with Crippen LogP contribution in [-0.4, -0.2) is 31.5 Å². The first-order chi connectivity index (χ1) is 13.6. The molecular formula is C21H20N2O5. The van der Waals surface area contributed by atoms with Crippen molar-refractivity contribution in [2.24, 2.45) is 0 Å². The Bertz CT molecular complexity index is 959. The molecule has 0 bridgehead atoms. The molecular weight excluding hydrogens is 360 g/mol. The smallest absolute Gasteiger partial charge is 0.290 e. The van der Waals surface area contributed by atoms with E-state index < -0.39 is 11.9 Å². The number of hydrogen-bond donors (Lipinski definition) is 1. The molecule has 7 heteroatoms. The van der Waals surface area contributed by atoms with Crippen LogP contribution in [-0.2, 0) is 4.79 Å². The Kier molecular flexibility index (Phi) is 4.89. The number of allylic oxidation sites excluding steroid dienone is 3. The largest absolute Gasteiger partial charge is 0.489 e. The average molecular weight is 380 g/mol. The molecule has 1 aliphatic heterocycles. The van der Waals surface area contributed by atoms with Gasteiger partial charge in [-0.1, -0.05) is 18.2 Å². The molecule has 1 aromatic carbocycles. The van der Waals surface area contributed by atoms with Crippen molar-refractivity contribution in [1.82, 2.24) is 5.32 Å². The van der Waals surface area contributed by atoms with E-state index in [1.54, 1.807) is 25.2 Å². The number of fused-ring (bicyclic) bond motifs is 1. The first kappa shape index (κ1) is 17.9. The maximum Gasteiger partial charge on any atom is 0.290 e. The summed E-state index contributed by atoms with van der Waals surface area (Å²) in [5.74, 6) is 0.781. The number of hydrogen-bond acceptors (Lipinski definition) is 5. The zero-order valence-corrected chi connectivity index (χ0v) is 15.4. The first-order valence-electron chi connectivity index (χ1n) is 9.06. The van der Waals surface area contributed by atoms with E-state index in [-0.39, 0.29) is 24.2 Å². The number of nitrogens with one attached hydrogen (secondary N) is 1. The third-order valence-electron chi connectivity index (χ3n) is 4.55. The maximum absolute atomic E-state index is 12.7. The summed E-state index contributed by atoms with van der Waals surface area (Å²) in [5, 5.41) is 2.67. The molecule has 144 valence electrons. The number of benzene rings is 1. The van der Waals surface area contributed by atoms with Gasteiger partial charge in [-0.05, 0) is 43.2 Å². The van der Waals surface area contributed by atoms with E-state index in [2.05, 4.69) is 5.32 Å². The monoisotopic (exact) mass is 380 g/mol. The highest BCUT2D eigenvalue weighted by Crippen LogP contribution is 2.30. The second-order valence-corrected chi connectivity index (χ2v) is 6.51. The van der Waals surface area contributed by atoms with Crippen LogP contribution in [0.5, 0.6) is 11.7 Å². The third-order valence-corrected chi connectivity index (χ3v) is 4.55. The maximum atomic E-state index is 12.7. The lowest BCUT2D eigenvalue weighted by Gasteiger charge is -2.19. The van der Waals surface area contributed by atoms with Crippen molar-refractivity contribution >= 4 is 17.5 Å². The molecule has 1 N–H and O–H groups in total. The minimum absolute atomic E-state index is 0.0354. The Labute approximate surface area is 162 Å². The Morgan fingerprint density at radius 1 is 1.21 bits per heavy atom. The minimum atomic E-state index is -0.830. The fourth-order valence-corrected chi connectivity index (χ4v) is 3.06. The van der Waals surface area contributed by atoms with Crippen LogP contribution in [0.2, 0.25) is 0 Å². The molecule has 0 spiro atoms. The number of furan rings is 1. The fourth-order valence-electron chi connectivity index (χ4n) is 3.06. The molecule has 2 heterocycles. The number of anilines is 1. The van der Waals surface area contributed by atoms with E-state index in [0.29, 0.717) is 17.2 Å². The van der Waals surface area contributed by atoms with Crippen molar-refractivity contribution in [3.05, 3.63) is 66.1 Å². The lowest BCUT2D eigenvalue weighted by atomic mass is 10.2. The summed E-state index contributed by atoms with van der Waals surface area (Å²) in [6, 6.07) is 9.49. The predicted molar refractivity (Wildman–Crippen MR) is 102 cm³/mol. The summed E-state index contributed by atoms with van der Waals surface area (Å²) in [6.45, 7) is 0.0354. The van der Waals surface area contributed by atoms with Crippen molar-refractivity contribution < 1.29 is 23.5 Å². The molecule has 1 aliphatic carbocycles. The van der Waals surface area contributed by atoms with Crippen molar-refractivity contribution in [3.63, 3.8) is 0 Å². The van der Waals surface area contributed by atoms with Gasteiger partial charge in [0.1, 0.15) is 24.2 Å². The molecule has 28 heavy (non-hydrogen) atoms. The number of carbonyl (C=O) groups excluding carboxylic acids is 2. The van der Waals surface area contributed by atoms with E-state index in [0.717, 1.165) is 12.8 Å². The topological polar surface area (TPSA) is 81.0 Å². The Morgan fingerprint density at radius 3 is 2.89 bits per heavy atom. The quantitative estimate of drug-likeness (QED) is 0.882. The summed E-state index contributed by atoms with van der Waals surface area (Å²) in [6.07, 6.45) is 7.71. The van der Waals surface area contributed by atoms with Gasteiger partial charge in [-0.25, -0.2) is 0 Å². The van der Waals surface area contributed by atoms with Crippen LogP contribution in [0, 0.1) is 0 Å². The zero-order chi connectivity index (χ0) is 19.5. The first-order valence-corrected chi connectivity index (χ1v) is 9.06. The van der Waals surface area contributed by atoms with Crippen molar-refractivity contribution in [2.45, 2.75) is 18.9 Å². The van der Waals surface area contributed by atoms with Crippen LogP contribution in [0.15, 0.2) is 64.8 Å². The normalized spacial score (nSPS) is 18.6. The van der Waals surface area contributed by atoms with Gasteiger partial charge in [-0.2, -0.15) is 0 Å². The van der Waals surface area contributed by atoms with Crippen molar-refractivity contribution in [1.29, 1.82) is 0 Å². The van der Waals surface area contributed by atoms with Gasteiger partial charge in [0.25, 0.3) is 17.8 Å². The van der Waals surface area contributed by atoms with E-state index >= 15 is 0 Å². The average Bonchev–Trinajstić information content (AvgIpc) is 3.15. The lowest BCUT2D eigenvalue weighted by Crippen LogP contribution is -2.49. The van der Waals surface area contributed by atoms with Gasteiger partial charge in [0.05, 0.1) is 5.69 Å². The molecule has 0 radical (unpaired) electrons. The second-order valence-electron chi connectivity index (χ2n) is 6.51. The number of amides is 2. The zero-order valence-electron chi connectivity index (χ0n) is 15.4. The van der Waals surface area contributed by atoms with Crippen LogP contribution < -0.4 is 19.7 Å². The van der Waals surface area contributed by atoms with Gasteiger partial charge in [-0.15, -0.1) is 0 Å². The Balaban J connectivity index is 1.43. The molecule has 0 unspecified atom stereocenters. The molecule has 2 amide bonds. The molecule has 0 saturated heterocycles. The summed E-state index contributed by atoms with van der Waals surface area (Å²) < 4.78 is 16.8. The van der Waals surface area contributed by atoms with Crippen LogP contribution in [0.1, 0.15) is 23.4 Å². The molecule has 4 rings (SSSR count). The SMILES string of the molecule is CN1C(=O)[C@@H](NC(=O)c2ccc(OC3=CCCC=C3)o2)COc2ccccc21. The van der Waals surface area contributed by atoms with Crippen LogP contribution in [0.3, 0.4) is 0 Å². The van der Waals surface area contributed by atoms with Gasteiger partial charge in [0.2, 0.25) is 0 Å². The van der Waals surface area contributed by atoms with E-state index in [1.165, 1.54) is 11.0 Å². The van der Waals surface area contributed by atoms with Crippen LogP contribution in [0.25, 0.3) is 0 Å². The summed E-state index contributed by atoms with van der Waals surface area (Å²) >= 11 is 0. The number of carbonyl (C=O) groups is 2. The molecule has 0 saturated carbocycles. The molecule has 2 aromatic rings. The van der Waals surface area contributed by atoms with Crippen molar-refractivity contribution in [3.8, 4) is 11.7 Å². The predicted octanol–water partition coefficient (Wildman–Crippen LogP) is 3.05. The number of para-hydroxylation sites is 2. The minimum Gasteiger partial charge on any atom is -0.489 e. The molecule has 7 nitrogen and oxygen atoms in total. The van der Waals surface area contributed by atoms with E-state index in [1.807, 2.05) is 30.4 Å². The Hall–Kier alpha value is -3.48. The number of nitrogens with zero attached hydrogens (tertiary/aromatic N) is 1. The van der Waals surface area contributed by atoms with Crippen LogP contribution >= 0.6 is 0 Å². The van der Waals surface area contributed by atoms with Gasteiger partial charge < -0.3 is 24.1 Å². The van der Waals surface area contributed by atoms with Gasteiger partial charge in [0.15, 0.2) is 5.76 Å². The molecule has 1 atom stereocenters. The standard InChI is InChI=1S/C21H20N2O5/c1-23-16-9-5-6-10-17(16)26-13-15(21(23)25)22-20(24)18-11-12-19(28-18)27-14-7-3-2-4-8-14/h3,5-12,15H,2,4,13H2,1H3,(H,22,24)/t15-/m0/s1. The highest BCUT2D eigenvalue weighted by molar-refractivity contribution is 6.02. The molecule has 0 fully saturated rings. The second kappa shape index (κ2) is 7.64. The van der Waals surface area contributed by atoms with E-state index in [4.69, 9.17) is 13.9 Å². The number of ether oxygens (including phenoxy) is 2. The van der Waals surface area contributed by atoms with Gasteiger partial charge >= 0.3 is 0 Å². The van der Waals surface area contributed by atoms with Gasteiger partial charge in [0, 0.05) is 13.1 Å². The molecule has 2 aliphatic rings. The third kappa shape index (κ3) is 3.64. The Morgan fingerprint density at radius 2 is 2.07 bits per heavy atom.